The van der Waals surface area contributed by atoms with Crippen LogP contribution in [-0.4, -0.2) is 0 Å². The largest absolute Gasteiger partial charge is 0.271 e. The van der Waals surface area contributed by atoms with Gasteiger partial charge in [-0.15, -0.1) is 17.9 Å². The number of hydrogen-bond acceptors (Lipinski definition) is 3. The van der Waals surface area contributed by atoms with Crippen LogP contribution in [0.3, 0.4) is 0 Å². The van der Waals surface area contributed by atoms with Crippen LogP contribution in [0.5, 0.6) is 0 Å². The lowest BCUT2D eigenvalue weighted by Gasteiger charge is -2.13. The summed E-state index contributed by atoms with van der Waals surface area (Å²) in [6.07, 6.45) is 1.83. The zero-order valence-electron chi connectivity index (χ0n) is 10.4. The molecule has 0 fully saturated rings. The van der Waals surface area contributed by atoms with E-state index in [1.165, 1.54) is 6.07 Å². The molecule has 2 rings (SSSR count). The van der Waals surface area contributed by atoms with E-state index in [0.717, 1.165) is 33.4 Å². The summed E-state index contributed by atoms with van der Waals surface area (Å²) in [7, 11) is 0. The summed E-state index contributed by atoms with van der Waals surface area (Å²) in [4.78, 5) is 1.14. The van der Waals surface area contributed by atoms with Crippen molar-refractivity contribution < 1.29 is 4.39 Å². The minimum absolute atomic E-state index is 0.0992. The first-order chi connectivity index (χ1) is 8.60. The second kappa shape index (κ2) is 5.61. The van der Waals surface area contributed by atoms with Crippen molar-refractivity contribution in [1.29, 1.82) is 0 Å². The van der Waals surface area contributed by atoms with Crippen LogP contribution >= 0.6 is 11.3 Å². The van der Waals surface area contributed by atoms with E-state index in [2.05, 4.69) is 18.1 Å². The summed E-state index contributed by atoms with van der Waals surface area (Å²) in [6.45, 7) is 5.90. The van der Waals surface area contributed by atoms with Crippen molar-refractivity contribution in [2.24, 2.45) is 5.84 Å². The van der Waals surface area contributed by atoms with Gasteiger partial charge in [-0.3, -0.25) is 11.3 Å². The molecule has 2 aromatic rings. The van der Waals surface area contributed by atoms with E-state index >= 15 is 0 Å². The highest BCUT2D eigenvalue weighted by Gasteiger charge is 2.13. The maximum atomic E-state index is 13.1. The summed E-state index contributed by atoms with van der Waals surface area (Å²) in [5.41, 5.74) is 3.97. The number of hydrazine groups is 1. The molecular formula is C14H17FN2S. The number of nitrogens with one attached hydrogen (secondary N) is 1. The van der Waals surface area contributed by atoms with Crippen LogP contribution in [0.15, 0.2) is 36.4 Å². The summed E-state index contributed by atoms with van der Waals surface area (Å²) in [5.74, 6) is 5.40. The Hall–Kier alpha value is -1.23. The lowest BCUT2D eigenvalue weighted by atomic mass is 10.1. The molecule has 1 aromatic carbocycles. The van der Waals surface area contributed by atoms with Gasteiger partial charge in [-0.05, 0) is 43.4 Å². The van der Waals surface area contributed by atoms with Gasteiger partial charge in [0.25, 0.3) is 0 Å². The Bertz CT molecular complexity index is 562. The second-order valence-electron chi connectivity index (χ2n) is 4.55. The van der Waals surface area contributed by atoms with Crippen molar-refractivity contribution in [3.05, 3.63) is 47.1 Å². The molecule has 3 N–H and O–H groups in total. The predicted molar refractivity (Wildman–Crippen MR) is 75.9 cm³/mol. The SMILES string of the molecule is C=C(C)CCC(NN)c1cc2ccc(F)cc2s1. The Morgan fingerprint density at radius 2 is 2.28 bits per heavy atom. The molecule has 0 saturated carbocycles. The first kappa shape index (κ1) is 13.2. The van der Waals surface area contributed by atoms with E-state index in [-0.39, 0.29) is 11.9 Å². The number of fused-ring (bicyclic) bond motifs is 1. The Kier molecular flexibility index (Phi) is 4.11. The number of thiophene rings is 1. The second-order valence-corrected chi connectivity index (χ2v) is 5.66. The minimum atomic E-state index is -0.199. The van der Waals surface area contributed by atoms with Crippen LogP contribution in [-0.2, 0) is 0 Å². The van der Waals surface area contributed by atoms with E-state index in [0.29, 0.717) is 0 Å². The van der Waals surface area contributed by atoms with E-state index in [1.807, 2.05) is 6.92 Å². The Morgan fingerprint density at radius 3 is 2.94 bits per heavy atom. The molecule has 96 valence electrons. The maximum absolute atomic E-state index is 13.1. The fourth-order valence-corrected chi connectivity index (χ4v) is 3.08. The van der Waals surface area contributed by atoms with Crippen molar-refractivity contribution in [2.45, 2.75) is 25.8 Å². The Morgan fingerprint density at radius 1 is 1.50 bits per heavy atom. The molecule has 0 amide bonds. The van der Waals surface area contributed by atoms with E-state index in [1.54, 1.807) is 23.5 Å². The molecule has 0 aliphatic rings. The highest BCUT2D eigenvalue weighted by molar-refractivity contribution is 7.19. The van der Waals surface area contributed by atoms with Gasteiger partial charge in [0.2, 0.25) is 0 Å². The summed E-state index contributed by atoms with van der Waals surface area (Å²) < 4.78 is 14.1. The first-order valence-corrected chi connectivity index (χ1v) is 6.71. The highest BCUT2D eigenvalue weighted by Crippen LogP contribution is 2.32. The van der Waals surface area contributed by atoms with E-state index < -0.39 is 0 Å². The van der Waals surface area contributed by atoms with Crippen LogP contribution in [0.4, 0.5) is 4.39 Å². The quantitative estimate of drug-likeness (QED) is 0.488. The van der Waals surface area contributed by atoms with Gasteiger partial charge in [0, 0.05) is 9.58 Å². The van der Waals surface area contributed by atoms with Gasteiger partial charge in [-0.1, -0.05) is 11.6 Å². The fraction of sp³-hybridized carbons (Fsp3) is 0.286. The van der Waals surface area contributed by atoms with Crippen molar-refractivity contribution >= 4 is 21.4 Å². The first-order valence-electron chi connectivity index (χ1n) is 5.89. The zero-order valence-corrected chi connectivity index (χ0v) is 11.2. The average Bonchev–Trinajstić information content (AvgIpc) is 2.72. The van der Waals surface area contributed by atoms with Gasteiger partial charge < -0.3 is 0 Å². The van der Waals surface area contributed by atoms with Crippen LogP contribution < -0.4 is 11.3 Å². The third kappa shape index (κ3) is 2.96. The molecule has 2 nitrogen and oxygen atoms in total. The topological polar surface area (TPSA) is 38.0 Å². The summed E-state index contributed by atoms with van der Waals surface area (Å²) in [5, 5.41) is 1.06. The third-order valence-electron chi connectivity index (χ3n) is 2.91. The third-order valence-corrected chi connectivity index (χ3v) is 4.12. The number of nitrogens with two attached hydrogens (primary N) is 1. The van der Waals surface area contributed by atoms with E-state index in [9.17, 15) is 4.39 Å². The molecule has 1 heterocycles. The maximum Gasteiger partial charge on any atom is 0.124 e. The fourth-order valence-electron chi connectivity index (χ4n) is 1.90. The van der Waals surface area contributed by atoms with Crippen LogP contribution in [0.1, 0.15) is 30.7 Å². The number of halogens is 1. The zero-order chi connectivity index (χ0) is 13.1. The van der Waals surface area contributed by atoms with Gasteiger partial charge in [-0.2, -0.15) is 0 Å². The van der Waals surface area contributed by atoms with Gasteiger partial charge in [-0.25, -0.2) is 4.39 Å². The smallest absolute Gasteiger partial charge is 0.124 e. The molecule has 0 spiro atoms. The molecule has 0 saturated heterocycles. The standard InChI is InChI=1S/C14H17FN2S/c1-9(2)3-6-12(17-16)14-7-10-4-5-11(15)8-13(10)18-14/h4-5,7-8,12,17H,1,3,6,16H2,2H3. The molecular weight excluding hydrogens is 247 g/mol. The minimum Gasteiger partial charge on any atom is -0.271 e. The van der Waals surface area contributed by atoms with Crippen molar-refractivity contribution in [2.75, 3.05) is 0 Å². The van der Waals surface area contributed by atoms with E-state index in [4.69, 9.17) is 5.84 Å². The highest BCUT2D eigenvalue weighted by atomic mass is 32.1. The number of benzene rings is 1. The molecule has 0 aliphatic heterocycles. The lowest BCUT2D eigenvalue weighted by Crippen LogP contribution is -2.27. The monoisotopic (exact) mass is 264 g/mol. The van der Waals surface area contributed by atoms with Crippen molar-refractivity contribution in [1.82, 2.24) is 5.43 Å². The predicted octanol–water partition coefficient (Wildman–Crippen LogP) is 3.90. The van der Waals surface area contributed by atoms with Gasteiger partial charge in [0.1, 0.15) is 5.82 Å². The molecule has 1 aromatic heterocycles. The number of hydrogen-bond donors (Lipinski definition) is 2. The summed E-state index contributed by atoms with van der Waals surface area (Å²) >= 11 is 1.58. The molecule has 0 bridgehead atoms. The molecule has 0 radical (unpaired) electrons. The Labute approximate surface area is 110 Å². The Balaban J connectivity index is 2.25. The van der Waals surface area contributed by atoms with Crippen molar-refractivity contribution in [3.63, 3.8) is 0 Å². The normalized spacial score (nSPS) is 12.8. The van der Waals surface area contributed by atoms with Crippen LogP contribution in [0, 0.1) is 5.82 Å². The molecule has 0 aliphatic carbocycles. The lowest BCUT2D eigenvalue weighted by molar-refractivity contribution is 0.523. The van der Waals surface area contributed by atoms with Crippen molar-refractivity contribution in [3.8, 4) is 0 Å². The number of rotatable bonds is 5. The van der Waals surface area contributed by atoms with Gasteiger partial charge in [0.15, 0.2) is 0 Å². The molecule has 18 heavy (non-hydrogen) atoms. The molecule has 4 heteroatoms. The van der Waals surface area contributed by atoms with Gasteiger partial charge >= 0.3 is 0 Å². The molecule has 1 atom stereocenters. The molecule has 1 unspecified atom stereocenters. The average molecular weight is 264 g/mol. The van der Waals surface area contributed by atoms with Crippen LogP contribution in [0.25, 0.3) is 10.1 Å². The number of allylic oxidation sites excluding steroid dienone is 1. The summed E-state index contributed by atoms with van der Waals surface area (Å²) in [6, 6.07) is 7.02. The van der Waals surface area contributed by atoms with Gasteiger partial charge in [0.05, 0.1) is 6.04 Å². The van der Waals surface area contributed by atoms with Crippen LogP contribution in [0.2, 0.25) is 0 Å².